The number of nitrogens with zero attached hydrogens (tertiary/aromatic N) is 1. The van der Waals surface area contributed by atoms with Gasteiger partial charge in [-0.2, -0.15) is 5.26 Å². The van der Waals surface area contributed by atoms with E-state index in [1.807, 2.05) is 6.07 Å². The Bertz CT molecular complexity index is 521. The minimum Gasteiger partial charge on any atom is -0.484 e. The first kappa shape index (κ1) is 16.5. The van der Waals surface area contributed by atoms with Gasteiger partial charge in [0.05, 0.1) is 11.6 Å². The average Bonchev–Trinajstić information content (AvgIpc) is 2.49. The molecule has 0 aliphatic carbocycles. The highest BCUT2D eigenvalue weighted by Crippen LogP contribution is 2.11. The Morgan fingerprint density at radius 1 is 1.38 bits per heavy atom. The summed E-state index contributed by atoms with van der Waals surface area (Å²) >= 11 is 0. The van der Waals surface area contributed by atoms with Crippen LogP contribution in [-0.2, 0) is 14.3 Å². The van der Waals surface area contributed by atoms with Crippen molar-refractivity contribution in [2.75, 3.05) is 20.3 Å². The van der Waals surface area contributed by atoms with E-state index in [0.29, 0.717) is 11.3 Å². The lowest BCUT2D eigenvalue weighted by atomic mass is 10.2. The van der Waals surface area contributed by atoms with E-state index in [0.717, 1.165) is 0 Å². The SMILES string of the molecule is COCCC(NC(=O)COc1ccc(C#N)cc1)C(=O)O. The maximum absolute atomic E-state index is 11.6. The molecule has 7 heteroatoms. The second-order valence-electron chi connectivity index (χ2n) is 4.16. The molecule has 112 valence electrons. The Morgan fingerprint density at radius 3 is 2.57 bits per heavy atom. The van der Waals surface area contributed by atoms with Crippen LogP contribution in [0.5, 0.6) is 5.75 Å². The highest BCUT2D eigenvalue weighted by atomic mass is 16.5. The number of amides is 1. The molecule has 0 saturated heterocycles. The van der Waals surface area contributed by atoms with Crippen LogP contribution in [0.3, 0.4) is 0 Å². The number of methoxy groups -OCH3 is 1. The number of hydrogen-bond donors (Lipinski definition) is 2. The van der Waals surface area contributed by atoms with E-state index >= 15 is 0 Å². The van der Waals surface area contributed by atoms with Crippen LogP contribution in [0.1, 0.15) is 12.0 Å². The Hall–Kier alpha value is -2.59. The van der Waals surface area contributed by atoms with Gasteiger partial charge in [-0.15, -0.1) is 0 Å². The Balaban J connectivity index is 2.44. The molecular weight excluding hydrogens is 276 g/mol. The highest BCUT2D eigenvalue weighted by molar-refractivity contribution is 5.84. The molecule has 1 rings (SSSR count). The molecule has 0 radical (unpaired) electrons. The number of carboxylic acids is 1. The second-order valence-corrected chi connectivity index (χ2v) is 4.16. The number of rotatable bonds is 8. The van der Waals surface area contributed by atoms with Crippen LogP contribution in [0.25, 0.3) is 0 Å². The van der Waals surface area contributed by atoms with E-state index in [-0.39, 0.29) is 19.6 Å². The number of carboxylic acid groups (broad SMARTS) is 1. The summed E-state index contributed by atoms with van der Waals surface area (Å²) in [5.74, 6) is -1.24. The summed E-state index contributed by atoms with van der Waals surface area (Å²) in [5.41, 5.74) is 0.484. The minimum atomic E-state index is -1.13. The van der Waals surface area contributed by atoms with Gasteiger partial charge in [-0.25, -0.2) is 4.79 Å². The third-order valence-electron chi connectivity index (χ3n) is 2.60. The van der Waals surface area contributed by atoms with E-state index in [1.54, 1.807) is 24.3 Å². The lowest BCUT2D eigenvalue weighted by Gasteiger charge is -2.14. The van der Waals surface area contributed by atoms with Crippen LogP contribution >= 0.6 is 0 Å². The lowest BCUT2D eigenvalue weighted by Crippen LogP contribution is -2.43. The molecule has 7 nitrogen and oxygen atoms in total. The van der Waals surface area contributed by atoms with Crippen LogP contribution in [0, 0.1) is 11.3 Å². The molecule has 1 amide bonds. The zero-order valence-corrected chi connectivity index (χ0v) is 11.5. The van der Waals surface area contributed by atoms with Gasteiger partial charge in [0.2, 0.25) is 0 Å². The number of benzene rings is 1. The van der Waals surface area contributed by atoms with Crippen molar-refractivity contribution in [3.63, 3.8) is 0 Å². The topological polar surface area (TPSA) is 109 Å². The van der Waals surface area contributed by atoms with Crippen molar-refractivity contribution in [3.05, 3.63) is 29.8 Å². The van der Waals surface area contributed by atoms with Crippen molar-refractivity contribution in [1.29, 1.82) is 5.26 Å². The predicted molar refractivity (Wildman–Crippen MR) is 72.7 cm³/mol. The molecule has 0 saturated carbocycles. The van der Waals surface area contributed by atoms with E-state index in [2.05, 4.69) is 5.32 Å². The molecule has 1 unspecified atom stereocenters. The standard InChI is InChI=1S/C14H16N2O5/c1-20-7-6-12(14(18)19)16-13(17)9-21-11-4-2-10(8-15)3-5-11/h2-5,12H,6-7,9H2,1H3,(H,16,17)(H,18,19). The van der Waals surface area contributed by atoms with Crippen molar-refractivity contribution in [2.45, 2.75) is 12.5 Å². The number of hydrogen-bond acceptors (Lipinski definition) is 5. The molecule has 0 aliphatic rings. The Labute approximate surface area is 122 Å². The number of carbonyl (C=O) groups excluding carboxylic acids is 1. The molecule has 1 aromatic carbocycles. The molecule has 0 spiro atoms. The maximum atomic E-state index is 11.6. The first-order chi connectivity index (χ1) is 10.1. The number of carbonyl (C=O) groups is 2. The normalized spacial score (nSPS) is 11.2. The third-order valence-corrected chi connectivity index (χ3v) is 2.60. The third kappa shape index (κ3) is 5.93. The summed E-state index contributed by atoms with van der Waals surface area (Å²) in [6.45, 7) is -0.0730. The second kappa shape index (κ2) is 8.55. The largest absolute Gasteiger partial charge is 0.484 e. The predicted octanol–water partition coefficient (Wildman–Crippen LogP) is 0.543. The fraction of sp³-hybridized carbons (Fsp3) is 0.357. The van der Waals surface area contributed by atoms with Gasteiger partial charge in [-0.05, 0) is 24.3 Å². The van der Waals surface area contributed by atoms with Crippen LogP contribution in [-0.4, -0.2) is 43.3 Å². The number of nitrogens with one attached hydrogen (secondary N) is 1. The molecule has 0 fully saturated rings. The summed E-state index contributed by atoms with van der Waals surface area (Å²) in [4.78, 5) is 22.6. The first-order valence-corrected chi connectivity index (χ1v) is 6.21. The fourth-order valence-electron chi connectivity index (χ4n) is 1.50. The highest BCUT2D eigenvalue weighted by Gasteiger charge is 2.19. The average molecular weight is 292 g/mol. The van der Waals surface area contributed by atoms with Gasteiger partial charge in [0.25, 0.3) is 5.91 Å². The van der Waals surface area contributed by atoms with Crippen molar-refractivity contribution < 1.29 is 24.2 Å². The molecule has 0 bridgehead atoms. The summed E-state index contributed by atoms with van der Waals surface area (Å²) in [7, 11) is 1.45. The number of aliphatic carboxylic acids is 1. The number of nitriles is 1. The van der Waals surface area contributed by atoms with Crippen LogP contribution in [0.2, 0.25) is 0 Å². The van der Waals surface area contributed by atoms with Crippen LogP contribution in [0.15, 0.2) is 24.3 Å². The first-order valence-electron chi connectivity index (χ1n) is 6.21. The fourth-order valence-corrected chi connectivity index (χ4v) is 1.50. The maximum Gasteiger partial charge on any atom is 0.326 e. The van der Waals surface area contributed by atoms with Gasteiger partial charge in [0, 0.05) is 20.1 Å². The molecule has 1 aromatic rings. The smallest absolute Gasteiger partial charge is 0.326 e. The van der Waals surface area contributed by atoms with Crippen LogP contribution in [0.4, 0.5) is 0 Å². The molecule has 1 atom stereocenters. The monoisotopic (exact) mass is 292 g/mol. The number of ether oxygens (including phenoxy) is 2. The molecule has 0 aromatic heterocycles. The zero-order chi connectivity index (χ0) is 15.7. The van der Waals surface area contributed by atoms with Crippen LogP contribution < -0.4 is 10.1 Å². The summed E-state index contributed by atoms with van der Waals surface area (Å²) < 4.78 is 9.99. The zero-order valence-electron chi connectivity index (χ0n) is 11.5. The molecular formula is C14H16N2O5. The summed E-state index contributed by atoms with van der Waals surface area (Å²) in [5, 5.41) is 19.9. The molecule has 0 heterocycles. The van der Waals surface area contributed by atoms with Crippen molar-refractivity contribution in [1.82, 2.24) is 5.32 Å². The van der Waals surface area contributed by atoms with E-state index in [9.17, 15) is 9.59 Å². The van der Waals surface area contributed by atoms with Gasteiger partial charge in [-0.3, -0.25) is 4.79 Å². The van der Waals surface area contributed by atoms with E-state index in [1.165, 1.54) is 7.11 Å². The molecule has 21 heavy (non-hydrogen) atoms. The molecule has 2 N–H and O–H groups in total. The summed E-state index contributed by atoms with van der Waals surface area (Å²) in [6, 6.07) is 7.20. The lowest BCUT2D eigenvalue weighted by molar-refractivity contribution is -0.142. The van der Waals surface area contributed by atoms with Gasteiger partial charge in [0.1, 0.15) is 11.8 Å². The van der Waals surface area contributed by atoms with Crippen molar-refractivity contribution >= 4 is 11.9 Å². The van der Waals surface area contributed by atoms with Crippen molar-refractivity contribution in [3.8, 4) is 11.8 Å². The van der Waals surface area contributed by atoms with Gasteiger partial charge in [-0.1, -0.05) is 0 Å². The minimum absolute atomic E-state index is 0.175. The van der Waals surface area contributed by atoms with E-state index < -0.39 is 17.9 Å². The Kier molecular flexibility index (Phi) is 6.71. The molecule has 0 aliphatic heterocycles. The quantitative estimate of drug-likeness (QED) is 0.724. The van der Waals surface area contributed by atoms with Gasteiger partial charge < -0.3 is 19.9 Å². The van der Waals surface area contributed by atoms with Gasteiger partial charge >= 0.3 is 5.97 Å². The van der Waals surface area contributed by atoms with Gasteiger partial charge in [0.15, 0.2) is 6.61 Å². The summed E-state index contributed by atoms with van der Waals surface area (Å²) in [6.07, 6.45) is 0.175. The Morgan fingerprint density at radius 2 is 2.05 bits per heavy atom. The van der Waals surface area contributed by atoms with E-state index in [4.69, 9.17) is 19.8 Å². The van der Waals surface area contributed by atoms with Crippen molar-refractivity contribution in [2.24, 2.45) is 0 Å².